The molecule has 0 aromatic rings. The van der Waals surface area contributed by atoms with Crippen molar-refractivity contribution in [2.45, 2.75) is 0 Å². The summed E-state index contributed by atoms with van der Waals surface area (Å²) in [6.07, 6.45) is 0. The number of rotatable bonds is 0. The molecule has 0 aromatic carbocycles. The van der Waals surface area contributed by atoms with Crippen molar-refractivity contribution in [1.29, 1.82) is 0 Å². The largest absolute Gasteiger partial charge is 1.00 e. The topological polar surface area (TPSA) is 142 Å². The minimum atomic E-state index is -4.61. The summed E-state index contributed by atoms with van der Waals surface area (Å²) in [5.74, 6) is 0. The van der Waals surface area contributed by atoms with E-state index in [4.69, 9.17) is 34.3 Å². The smallest absolute Gasteiger partial charge is 1.00 e. The Morgan fingerprint density at radius 1 is 0.909 bits per heavy atom. The van der Waals surface area contributed by atoms with Crippen molar-refractivity contribution in [2.24, 2.45) is 0 Å². The van der Waals surface area contributed by atoms with Crippen LogP contribution in [-0.4, -0.2) is 50.6 Å². The Hall–Kier alpha value is 1.74. The number of hydrogen-bond donors (Lipinski definition) is 7. The average Bonchev–Trinajstić information content (AvgIpc) is 1.19. The molecular weight excluding hydrogens is 282 g/mol. The summed E-state index contributed by atoms with van der Waals surface area (Å²) in [5.41, 5.74) is 0. The summed E-state index contributed by atoms with van der Waals surface area (Å²) in [5, 5.41) is 21.5. The molecule has 0 heterocycles. The quantitative estimate of drug-likeness (QED) is 0.220. The minimum absolute atomic E-state index is 0. The van der Waals surface area contributed by atoms with Crippen LogP contribution in [0.5, 0.6) is 0 Å². The molecule has 0 amide bonds. The summed E-state index contributed by atoms with van der Waals surface area (Å²) in [4.78, 5) is 29.3. The van der Waals surface area contributed by atoms with Crippen LogP contribution in [-0.2, 0) is 22.4 Å². The van der Waals surface area contributed by atoms with Gasteiger partial charge in [-0.25, -0.2) is 0 Å². The van der Waals surface area contributed by atoms with E-state index in [2.05, 4.69) is 0 Å². The second-order valence-corrected chi connectivity index (χ2v) is 2.15. The Morgan fingerprint density at radius 2 is 0.909 bits per heavy atom. The van der Waals surface area contributed by atoms with Crippen molar-refractivity contribution >= 4 is 16.4 Å². The molecule has 0 spiro atoms. The predicted octanol–water partition coefficient (Wildman–Crippen LogP) is -7.55. The maximum atomic E-state index is 7.33. The molecule has 0 aromatic heterocycles. The van der Waals surface area contributed by atoms with Gasteiger partial charge in [-0.05, 0) is 0 Å². The van der Waals surface area contributed by atoms with E-state index in [0.29, 0.717) is 0 Å². The van der Waals surface area contributed by atoms with Crippen molar-refractivity contribution in [2.75, 3.05) is 0 Å². The summed E-state index contributed by atoms with van der Waals surface area (Å²) in [6, 6.07) is 0. The Bertz CT molecular complexity index is 60.2. The Kier molecular flexibility index (Phi) is 24.5. The van der Waals surface area contributed by atoms with Crippen molar-refractivity contribution < 1.29 is 87.6 Å². The van der Waals surface area contributed by atoms with Crippen LogP contribution >= 0.6 is 0 Å². The molecule has 11 heavy (non-hydrogen) atoms. The van der Waals surface area contributed by atoms with E-state index < -0.39 is 16.4 Å². The molecule has 69 valence electrons. The van der Waals surface area contributed by atoms with Gasteiger partial charge < -0.3 is 35.7 Å². The Morgan fingerprint density at radius 3 is 0.909 bits per heavy atom. The van der Waals surface area contributed by atoms with Crippen LogP contribution in [0.1, 0.15) is 1.43 Å². The molecule has 0 rings (SSSR count). The van der Waals surface area contributed by atoms with Gasteiger partial charge in [0.1, 0.15) is 0 Å². The first-order valence-corrected chi connectivity index (χ1v) is 3.46. The third-order valence-corrected chi connectivity index (χ3v) is 0. The van der Waals surface area contributed by atoms with Crippen LogP contribution in [0.2, 0.25) is 0 Å². The zero-order chi connectivity index (χ0) is 8.08. The Labute approximate surface area is 103 Å². The zero-order valence-electron chi connectivity index (χ0n) is 6.51. The molecule has 0 fully saturated rings. The average molecular weight is 290 g/mol. The van der Waals surface area contributed by atoms with Gasteiger partial charge in [0.2, 0.25) is 0 Å². The van der Waals surface area contributed by atoms with Crippen LogP contribution in [0.15, 0.2) is 0 Å². The van der Waals surface area contributed by atoms with Gasteiger partial charge in [0.15, 0.2) is 0 Å². The van der Waals surface area contributed by atoms with Gasteiger partial charge >= 0.3 is 45.9 Å². The molecule has 7 N–H and O–H groups in total. The molecule has 0 aliphatic heterocycles. The second kappa shape index (κ2) is 11.7. The molecule has 0 aliphatic rings. The van der Waals surface area contributed by atoms with Crippen LogP contribution in [0.4, 0.5) is 0 Å². The molecule has 7 nitrogen and oxygen atoms in total. The number of hydrogen-bond acceptors (Lipinski definition) is 7. The fourth-order valence-electron chi connectivity index (χ4n) is 0. The van der Waals surface area contributed by atoms with Crippen LogP contribution in [0, 0.1) is 0 Å². The van der Waals surface area contributed by atoms with Gasteiger partial charge in [-0.2, -0.15) is 0 Å². The second-order valence-electron chi connectivity index (χ2n) is 0.946. The van der Waals surface area contributed by atoms with E-state index in [0.717, 1.165) is 0 Å². The van der Waals surface area contributed by atoms with E-state index in [1.54, 1.807) is 0 Å². The van der Waals surface area contributed by atoms with Gasteiger partial charge in [0.05, 0.1) is 0 Å². The van der Waals surface area contributed by atoms with Crippen LogP contribution in [0.25, 0.3) is 0 Å². The summed E-state index contributed by atoms with van der Waals surface area (Å²) in [7, 11) is -6.78. The van der Waals surface area contributed by atoms with Crippen molar-refractivity contribution in [3.05, 3.63) is 0 Å². The third-order valence-electron chi connectivity index (χ3n) is 0. The first kappa shape index (κ1) is 23.0. The van der Waals surface area contributed by atoms with Crippen molar-refractivity contribution in [3.63, 3.8) is 0 Å². The first-order valence-electron chi connectivity index (χ1n) is 1.67. The van der Waals surface area contributed by atoms with Gasteiger partial charge in [-0.1, -0.05) is 0 Å². The normalized spacial score (nSPS) is 7.91. The van der Waals surface area contributed by atoms with Gasteiger partial charge in [-0.15, -0.1) is 0 Å². The standard InChI is InChI=1S/Ag.BH3O3.Na.H4O4Si.H/c;2-1(3)4;;1-5(2,3)4;/h;2-4H;;1-4H;/q;;+1;;-1. The maximum Gasteiger partial charge on any atom is 1.00 e. The summed E-state index contributed by atoms with van der Waals surface area (Å²) < 4.78 is 0. The van der Waals surface area contributed by atoms with E-state index in [1.807, 2.05) is 0 Å². The van der Waals surface area contributed by atoms with Crippen LogP contribution < -0.4 is 29.6 Å². The van der Waals surface area contributed by atoms with Crippen LogP contribution in [0.3, 0.4) is 0 Å². The molecular formula is H8AgBNaO7Si. The van der Waals surface area contributed by atoms with Crippen molar-refractivity contribution in [1.82, 2.24) is 0 Å². The zero-order valence-corrected chi connectivity index (χ0v) is 9.99. The first-order chi connectivity index (χ1) is 3.73. The fourth-order valence-corrected chi connectivity index (χ4v) is 0. The molecule has 0 saturated carbocycles. The molecule has 0 saturated heterocycles. The molecule has 0 unspecified atom stereocenters. The van der Waals surface area contributed by atoms with E-state index in [1.165, 1.54) is 0 Å². The SMILES string of the molecule is OB(O)O.O[Si](O)(O)O.[Ag].[H-].[Na+]. The molecule has 1 radical (unpaired) electrons. The third kappa shape index (κ3) is 367. The minimum Gasteiger partial charge on any atom is -1.00 e. The van der Waals surface area contributed by atoms with E-state index in [-0.39, 0.29) is 53.4 Å². The maximum absolute atomic E-state index is 7.33. The molecule has 0 atom stereocenters. The Balaban J connectivity index is -0.0000000221. The van der Waals surface area contributed by atoms with Crippen molar-refractivity contribution in [3.8, 4) is 0 Å². The van der Waals surface area contributed by atoms with Gasteiger partial charge in [-0.3, -0.25) is 0 Å². The predicted molar refractivity (Wildman–Crippen MR) is 28.2 cm³/mol. The van der Waals surface area contributed by atoms with E-state index >= 15 is 0 Å². The van der Waals surface area contributed by atoms with E-state index in [9.17, 15) is 0 Å². The monoisotopic (exact) mass is 289 g/mol. The summed E-state index contributed by atoms with van der Waals surface area (Å²) in [6.45, 7) is 0. The molecule has 11 heteroatoms. The fraction of sp³-hybridized carbons (Fsp3) is 0. The van der Waals surface area contributed by atoms with Gasteiger partial charge in [0.25, 0.3) is 0 Å². The summed E-state index contributed by atoms with van der Waals surface area (Å²) >= 11 is 0. The van der Waals surface area contributed by atoms with Gasteiger partial charge in [0, 0.05) is 22.4 Å². The molecule has 0 bridgehead atoms. The molecule has 0 aliphatic carbocycles.